The molecule has 96 valence electrons. The number of para-hydroxylation sites is 1. The molecule has 0 aliphatic carbocycles. The van der Waals surface area contributed by atoms with Crippen molar-refractivity contribution in [2.75, 3.05) is 5.32 Å². The standard InChI is InChI=1S/C14H15N5/c1-2-5-13(17-10-14-15-7-8-16-14)12(4-1)11-19-9-3-6-18-19/h1-9,17H,10-11H2,(H,15,16). The Morgan fingerprint density at radius 2 is 2.11 bits per heavy atom. The molecule has 0 aliphatic rings. The Balaban J connectivity index is 1.73. The van der Waals surface area contributed by atoms with Crippen molar-refractivity contribution in [1.82, 2.24) is 19.7 Å². The van der Waals surface area contributed by atoms with Crippen LogP contribution in [0.1, 0.15) is 11.4 Å². The predicted octanol–water partition coefficient (Wildman–Crippen LogP) is 2.27. The molecule has 0 aliphatic heterocycles. The van der Waals surface area contributed by atoms with Crippen LogP contribution in [0.4, 0.5) is 5.69 Å². The Morgan fingerprint density at radius 3 is 2.89 bits per heavy atom. The lowest BCUT2D eigenvalue weighted by Crippen LogP contribution is -2.07. The summed E-state index contributed by atoms with van der Waals surface area (Å²) in [5.41, 5.74) is 2.31. The van der Waals surface area contributed by atoms with Crippen molar-refractivity contribution >= 4 is 5.69 Å². The maximum absolute atomic E-state index is 4.23. The quantitative estimate of drug-likeness (QED) is 0.733. The molecule has 5 heteroatoms. The van der Waals surface area contributed by atoms with Crippen molar-refractivity contribution in [3.63, 3.8) is 0 Å². The highest BCUT2D eigenvalue weighted by Gasteiger charge is 2.03. The third kappa shape index (κ3) is 2.82. The molecule has 0 bridgehead atoms. The van der Waals surface area contributed by atoms with E-state index in [9.17, 15) is 0 Å². The van der Waals surface area contributed by atoms with Gasteiger partial charge in [0.15, 0.2) is 0 Å². The molecule has 1 aromatic carbocycles. The van der Waals surface area contributed by atoms with Gasteiger partial charge in [0.25, 0.3) is 0 Å². The number of hydrogen-bond donors (Lipinski definition) is 2. The van der Waals surface area contributed by atoms with Crippen LogP contribution in [0.15, 0.2) is 55.1 Å². The molecule has 0 amide bonds. The van der Waals surface area contributed by atoms with E-state index in [0.29, 0.717) is 6.54 Å². The van der Waals surface area contributed by atoms with Gasteiger partial charge in [0.1, 0.15) is 5.82 Å². The maximum Gasteiger partial charge on any atom is 0.125 e. The van der Waals surface area contributed by atoms with Crippen LogP contribution in [0.25, 0.3) is 0 Å². The molecule has 2 aromatic heterocycles. The summed E-state index contributed by atoms with van der Waals surface area (Å²) in [6.07, 6.45) is 7.33. The van der Waals surface area contributed by atoms with Gasteiger partial charge in [-0.05, 0) is 17.7 Å². The zero-order valence-corrected chi connectivity index (χ0v) is 10.5. The van der Waals surface area contributed by atoms with E-state index in [4.69, 9.17) is 0 Å². The first-order valence-corrected chi connectivity index (χ1v) is 6.19. The fourth-order valence-corrected chi connectivity index (χ4v) is 1.97. The lowest BCUT2D eigenvalue weighted by Gasteiger charge is -2.11. The summed E-state index contributed by atoms with van der Waals surface area (Å²) in [7, 11) is 0. The third-order valence-corrected chi connectivity index (χ3v) is 2.91. The number of H-pyrrole nitrogens is 1. The summed E-state index contributed by atoms with van der Waals surface area (Å²) >= 11 is 0. The van der Waals surface area contributed by atoms with Crippen molar-refractivity contribution in [2.24, 2.45) is 0 Å². The summed E-state index contributed by atoms with van der Waals surface area (Å²) in [5.74, 6) is 0.925. The Labute approximate surface area is 111 Å². The molecule has 0 spiro atoms. The first kappa shape index (κ1) is 11.5. The van der Waals surface area contributed by atoms with E-state index in [1.165, 1.54) is 5.56 Å². The molecule has 2 heterocycles. The summed E-state index contributed by atoms with van der Waals surface area (Å²) in [6, 6.07) is 10.2. The first-order chi connectivity index (χ1) is 9.42. The second kappa shape index (κ2) is 5.39. The van der Waals surface area contributed by atoms with Gasteiger partial charge in [0.05, 0.1) is 13.1 Å². The molecular formula is C14H15N5. The molecule has 3 aromatic rings. The molecule has 19 heavy (non-hydrogen) atoms. The minimum atomic E-state index is 0.684. The van der Waals surface area contributed by atoms with Crippen LogP contribution < -0.4 is 5.32 Å². The first-order valence-electron chi connectivity index (χ1n) is 6.19. The van der Waals surface area contributed by atoms with Crippen LogP contribution >= 0.6 is 0 Å². The fourth-order valence-electron chi connectivity index (χ4n) is 1.97. The van der Waals surface area contributed by atoms with Crippen LogP contribution in [0, 0.1) is 0 Å². The van der Waals surface area contributed by atoms with Gasteiger partial charge in [-0.2, -0.15) is 5.10 Å². The molecule has 2 N–H and O–H groups in total. The van der Waals surface area contributed by atoms with Crippen LogP contribution in [-0.4, -0.2) is 19.7 Å². The molecular weight excluding hydrogens is 238 g/mol. The van der Waals surface area contributed by atoms with E-state index < -0.39 is 0 Å². The molecule has 0 saturated carbocycles. The average molecular weight is 253 g/mol. The summed E-state index contributed by atoms with van der Waals surface area (Å²) in [4.78, 5) is 7.28. The van der Waals surface area contributed by atoms with Gasteiger partial charge >= 0.3 is 0 Å². The van der Waals surface area contributed by atoms with E-state index in [0.717, 1.165) is 18.1 Å². The van der Waals surface area contributed by atoms with Crippen LogP contribution in [0.5, 0.6) is 0 Å². The summed E-state index contributed by atoms with van der Waals surface area (Å²) in [6.45, 7) is 1.44. The largest absolute Gasteiger partial charge is 0.378 e. The molecule has 0 saturated heterocycles. The minimum absolute atomic E-state index is 0.684. The lowest BCUT2D eigenvalue weighted by molar-refractivity contribution is 0.687. The number of nitrogens with zero attached hydrogens (tertiary/aromatic N) is 3. The van der Waals surface area contributed by atoms with Gasteiger partial charge in [0.2, 0.25) is 0 Å². The van der Waals surface area contributed by atoms with Crippen molar-refractivity contribution < 1.29 is 0 Å². The number of imidazole rings is 1. The van der Waals surface area contributed by atoms with Crippen LogP contribution in [-0.2, 0) is 13.1 Å². The van der Waals surface area contributed by atoms with E-state index in [1.54, 1.807) is 12.4 Å². The zero-order valence-electron chi connectivity index (χ0n) is 10.5. The summed E-state index contributed by atoms with van der Waals surface area (Å²) < 4.78 is 1.91. The van der Waals surface area contributed by atoms with E-state index in [-0.39, 0.29) is 0 Å². The monoisotopic (exact) mass is 253 g/mol. The summed E-state index contributed by atoms with van der Waals surface area (Å²) in [5, 5.41) is 7.63. The number of aromatic nitrogens is 4. The second-order valence-corrected chi connectivity index (χ2v) is 4.25. The molecule has 5 nitrogen and oxygen atoms in total. The van der Waals surface area contributed by atoms with Gasteiger partial charge in [-0.15, -0.1) is 0 Å². The highest BCUT2D eigenvalue weighted by atomic mass is 15.3. The Hall–Kier alpha value is -2.56. The van der Waals surface area contributed by atoms with Gasteiger partial charge in [-0.3, -0.25) is 4.68 Å². The van der Waals surface area contributed by atoms with Crippen molar-refractivity contribution in [2.45, 2.75) is 13.1 Å². The van der Waals surface area contributed by atoms with Crippen molar-refractivity contribution in [3.05, 3.63) is 66.5 Å². The Bertz CT molecular complexity index is 613. The lowest BCUT2D eigenvalue weighted by atomic mass is 10.2. The van der Waals surface area contributed by atoms with Gasteiger partial charge in [-0.1, -0.05) is 18.2 Å². The van der Waals surface area contributed by atoms with Gasteiger partial charge in [-0.25, -0.2) is 4.98 Å². The number of nitrogens with one attached hydrogen (secondary N) is 2. The molecule has 3 rings (SSSR count). The second-order valence-electron chi connectivity index (χ2n) is 4.25. The smallest absolute Gasteiger partial charge is 0.125 e. The number of aromatic amines is 1. The Kier molecular flexibility index (Phi) is 3.27. The number of rotatable bonds is 5. The van der Waals surface area contributed by atoms with Crippen molar-refractivity contribution in [1.29, 1.82) is 0 Å². The van der Waals surface area contributed by atoms with Gasteiger partial charge in [0, 0.05) is 30.5 Å². The third-order valence-electron chi connectivity index (χ3n) is 2.91. The van der Waals surface area contributed by atoms with E-state index >= 15 is 0 Å². The number of hydrogen-bond acceptors (Lipinski definition) is 3. The maximum atomic E-state index is 4.23. The minimum Gasteiger partial charge on any atom is -0.378 e. The van der Waals surface area contributed by atoms with E-state index in [1.807, 2.05) is 35.3 Å². The molecule has 0 unspecified atom stereocenters. The van der Waals surface area contributed by atoms with Gasteiger partial charge < -0.3 is 10.3 Å². The average Bonchev–Trinajstić information content (AvgIpc) is 3.10. The number of anilines is 1. The number of benzene rings is 1. The van der Waals surface area contributed by atoms with Crippen LogP contribution in [0.3, 0.4) is 0 Å². The molecule has 0 atom stereocenters. The molecule has 0 fully saturated rings. The highest BCUT2D eigenvalue weighted by molar-refractivity contribution is 5.51. The van der Waals surface area contributed by atoms with Crippen LogP contribution in [0.2, 0.25) is 0 Å². The van der Waals surface area contributed by atoms with E-state index in [2.05, 4.69) is 32.5 Å². The predicted molar refractivity (Wildman–Crippen MR) is 73.7 cm³/mol. The Morgan fingerprint density at radius 1 is 1.16 bits per heavy atom. The highest BCUT2D eigenvalue weighted by Crippen LogP contribution is 2.16. The fraction of sp³-hybridized carbons (Fsp3) is 0.143. The van der Waals surface area contributed by atoms with Crippen molar-refractivity contribution in [3.8, 4) is 0 Å². The topological polar surface area (TPSA) is 58.5 Å². The zero-order chi connectivity index (χ0) is 12.9. The normalized spacial score (nSPS) is 10.5. The molecule has 0 radical (unpaired) electrons. The SMILES string of the molecule is c1ccc(NCc2ncc[nH]2)c(Cn2cccn2)c1.